The monoisotopic (exact) mass is 293 g/mol. The fourth-order valence-corrected chi connectivity index (χ4v) is 2.99. The molecule has 1 fully saturated rings. The number of aryl methyl sites for hydroxylation is 1. The average Bonchev–Trinajstić information content (AvgIpc) is 2.40. The lowest BCUT2D eigenvalue weighted by Gasteiger charge is -2.40. The number of primary amides is 1. The first kappa shape index (κ1) is 15.8. The molecule has 0 unspecified atom stereocenters. The Morgan fingerprint density at radius 2 is 2.05 bits per heavy atom. The van der Waals surface area contributed by atoms with E-state index in [0.717, 1.165) is 31.6 Å². The minimum Gasteiger partial charge on any atom is -0.371 e. The second-order valence-corrected chi connectivity index (χ2v) is 5.93. The molecule has 1 amide bonds. The smallest absolute Gasteiger partial charge is 0.243 e. The van der Waals surface area contributed by atoms with Crippen LogP contribution in [-0.4, -0.2) is 36.0 Å². The van der Waals surface area contributed by atoms with Gasteiger partial charge in [0.2, 0.25) is 5.91 Å². The van der Waals surface area contributed by atoms with Crippen LogP contribution < -0.4 is 11.1 Å². The number of nitrogens with zero attached hydrogens (tertiary/aromatic N) is 1. The number of nitrogens with two attached hydrogens (primary N) is 1. The average molecular weight is 293 g/mol. The highest BCUT2D eigenvalue weighted by Gasteiger charge is 2.39. The standard InChI is InChI=1S/C16H24FN3O/c1-3-6-20-7-4-16(5-8-20,15(18)21)19-14-10-12(2)9-13(17)11-14/h9-11,19H,3-8H2,1-2H3,(H2,18,21). The van der Waals surface area contributed by atoms with Gasteiger partial charge < -0.3 is 16.0 Å². The van der Waals surface area contributed by atoms with E-state index >= 15 is 0 Å². The van der Waals surface area contributed by atoms with Gasteiger partial charge in [-0.25, -0.2) is 4.39 Å². The van der Waals surface area contributed by atoms with Crippen LogP contribution in [0.15, 0.2) is 18.2 Å². The molecule has 116 valence electrons. The molecule has 0 spiro atoms. The lowest BCUT2D eigenvalue weighted by molar-refractivity contribution is -0.123. The zero-order valence-electron chi connectivity index (χ0n) is 12.8. The van der Waals surface area contributed by atoms with Crippen molar-refractivity contribution in [2.24, 2.45) is 5.73 Å². The Hall–Kier alpha value is -1.62. The summed E-state index contributed by atoms with van der Waals surface area (Å²) in [4.78, 5) is 14.3. The van der Waals surface area contributed by atoms with Gasteiger partial charge in [0, 0.05) is 18.8 Å². The van der Waals surface area contributed by atoms with E-state index in [1.54, 1.807) is 0 Å². The quantitative estimate of drug-likeness (QED) is 0.875. The maximum absolute atomic E-state index is 13.5. The first-order chi connectivity index (χ1) is 9.95. The molecule has 0 atom stereocenters. The highest BCUT2D eigenvalue weighted by Crippen LogP contribution is 2.28. The van der Waals surface area contributed by atoms with Crippen molar-refractivity contribution in [1.82, 2.24) is 4.90 Å². The molecule has 1 heterocycles. The van der Waals surface area contributed by atoms with Crippen molar-refractivity contribution in [2.75, 3.05) is 25.0 Å². The van der Waals surface area contributed by atoms with Gasteiger partial charge in [0.1, 0.15) is 11.4 Å². The third-order valence-electron chi connectivity index (χ3n) is 4.15. The number of amides is 1. The fraction of sp³-hybridized carbons (Fsp3) is 0.562. The van der Waals surface area contributed by atoms with Crippen molar-refractivity contribution in [1.29, 1.82) is 0 Å². The number of likely N-dealkylation sites (tertiary alicyclic amines) is 1. The number of benzene rings is 1. The molecule has 5 heteroatoms. The summed E-state index contributed by atoms with van der Waals surface area (Å²) in [6, 6.07) is 4.72. The van der Waals surface area contributed by atoms with Crippen LogP contribution in [0.5, 0.6) is 0 Å². The summed E-state index contributed by atoms with van der Waals surface area (Å²) in [5, 5.41) is 3.20. The predicted octanol–water partition coefficient (Wildman–Crippen LogP) is 2.28. The van der Waals surface area contributed by atoms with Gasteiger partial charge in [-0.3, -0.25) is 4.79 Å². The van der Waals surface area contributed by atoms with Crippen molar-refractivity contribution in [2.45, 2.75) is 38.6 Å². The second kappa shape index (κ2) is 6.43. The maximum atomic E-state index is 13.5. The Morgan fingerprint density at radius 1 is 1.38 bits per heavy atom. The summed E-state index contributed by atoms with van der Waals surface area (Å²) in [5.41, 5.74) is 6.30. The number of hydrogen-bond acceptors (Lipinski definition) is 3. The van der Waals surface area contributed by atoms with Gasteiger partial charge in [-0.2, -0.15) is 0 Å². The number of halogens is 1. The highest BCUT2D eigenvalue weighted by atomic mass is 19.1. The molecule has 1 saturated heterocycles. The summed E-state index contributed by atoms with van der Waals surface area (Å²) in [5.74, 6) is -0.666. The van der Waals surface area contributed by atoms with Crippen LogP contribution in [0.1, 0.15) is 31.7 Å². The summed E-state index contributed by atoms with van der Waals surface area (Å²) in [6.45, 7) is 6.67. The molecule has 1 aromatic carbocycles. The molecule has 1 aliphatic heterocycles. The van der Waals surface area contributed by atoms with E-state index in [4.69, 9.17) is 5.73 Å². The van der Waals surface area contributed by atoms with E-state index in [1.165, 1.54) is 12.1 Å². The molecular formula is C16H24FN3O. The van der Waals surface area contributed by atoms with Gasteiger partial charge >= 0.3 is 0 Å². The third-order valence-corrected chi connectivity index (χ3v) is 4.15. The minimum absolute atomic E-state index is 0.305. The number of carbonyl (C=O) groups excluding carboxylic acids is 1. The third kappa shape index (κ3) is 3.73. The Bertz CT molecular complexity index is 490. The lowest BCUT2D eigenvalue weighted by Crippen LogP contribution is -2.57. The Kier molecular flexibility index (Phi) is 4.83. The topological polar surface area (TPSA) is 58.4 Å². The van der Waals surface area contributed by atoms with E-state index in [0.29, 0.717) is 18.5 Å². The number of anilines is 1. The molecule has 0 bridgehead atoms. The molecule has 1 aliphatic rings. The zero-order chi connectivity index (χ0) is 15.5. The highest BCUT2D eigenvalue weighted by molar-refractivity contribution is 5.88. The summed E-state index contributed by atoms with van der Waals surface area (Å²) < 4.78 is 13.5. The molecule has 0 aromatic heterocycles. The Balaban J connectivity index is 2.14. The molecule has 1 aromatic rings. The van der Waals surface area contributed by atoms with Gasteiger partial charge in [0.25, 0.3) is 0 Å². The number of carbonyl (C=O) groups is 1. The van der Waals surface area contributed by atoms with Crippen LogP contribution in [0, 0.1) is 12.7 Å². The molecular weight excluding hydrogens is 269 g/mol. The summed E-state index contributed by atoms with van der Waals surface area (Å²) in [7, 11) is 0. The number of nitrogens with one attached hydrogen (secondary N) is 1. The minimum atomic E-state index is -0.773. The molecule has 2 rings (SSSR count). The molecule has 0 aliphatic carbocycles. The van der Waals surface area contributed by atoms with Crippen molar-refractivity contribution in [3.05, 3.63) is 29.6 Å². The SMILES string of the molecule is CCCN1CCC(Nc2cc(C)cc(F)c2)(C(N)=O)CC1. The van der Waals surface area contributed by atoms with Crippen LogP contribution in [0.2, 0.25) is 0 Å². The normalized spacial score (nSPS) is 18.4. The zero-order valence-corrected chi connectivity index (χ0v) is 12.8. The van der Waals surface area contributed by atoms with E-state index in [9.17, 15) is 9.18 Å². The lowest BCUT2D eigenvalue weighted by atomic mass is 9.86. The van der Waals surface area contributed by atoms with E-state index < -0.39 is 5.54 Å². The van der Waals surface area contributed by atoms with Gasteiger partial charge in [-0.1, -0.05) is 6.92 Å². The first-order valence-electron chi connectivity index (χ1n) is 7.53. The van der Waals surface area contributed by atoms with E-state index in [1.807, 2.05) is 13.0 Å². The van der Waals surface area contributed by atoms with Crippen molar-refractivity contribution < 1.29 is 9.18 Å². The first-order valence-corrected chi connectivity index (χ1v) is 7.53. The van der Waals surface area contributed by atoms with Crippen LogP contribution in [0.4, 0.5) is 10.1 Å². The fourth-order valence-electron chi connectivity index (χ4n) is 2.99. The maximum Gasteiger partial charge on any atom is 0.243 e. The Morgan fingerprint density at radius 3 is 2.57 bits per heavy atom. The van der Waals surface area contributed by atoms with E-state index in [-0.39, 0.29) is 11.7 Å². The largest absolute Gasteiger partial charge is 0.371 e. The molecule has 21 heavy (non-hydrogen) atoms. The van der Waals surface area contributed by atoms with Crippen LogP contribution >= 0.6 is 0 Å². The van der Waals surface area contributed by atoms with Crippen LogP contribution in [-0.2, 0) is 4.79 Å². The molecule has 0 radical (unpaired) electrons. The number of hydrogen-bond donors (Lipinski definition) is 2. The van der Waals surface area contributed by atoms with E-state index in [2.05, 4.69) is 17.1 Å². The van der Waals surface area contributed by atoms with Gasteiger partial charge in [-0.15, -0.1) is 0 Å². The van der Waals surface area contributed by atoms with Gasteiger partial charge in [0.15, 0.2) is 0 Å². The Labute approximate surface area is 125 Å². The molecule has 0 saturated carbocycles. The van der Waals surface area contributed by atoms with Crippen molar-refractivity contribution >= 4 is 11.6 Å². The molecule has 3 N–H and O–H groups in total. The van der Waals surface area contributed by atoms with Crippen molar-refractivity contribution in [3.8, 4) is 0 Å². The number of rotatable bonds is 5. The summed E-state index contributed by atoms with van der Waals surface area (Å²) in [6.07, 6.45) is 2.40. The van der Waals surface area contributed by atoms with Crippen molar-refractivity contribution in [3.63, 3.8) is 0 Å². The van der Waals surface area contributed by atoms with Gasteiger partial charge in [-0.05, 0) is 56.5 Å². The second-order valence-electron chi connectivity index (χ2n) is 5.93. The van der Waals surface area contributed by atoms with Crippen LogP contribution in [0.25, 0.3) is 0 Å². The summed E-state index contributed by atoms with van der Waals surface area (Å²) >= 11 is 0. The number of piperidine rings is 1. The van der Waals surface area contributed by atoms with Crippen LogP contribution in [0.3, 0.4) is 0 Å². The predicted molar refractivity (Wildman–Crippen MR) is 82.7 cm³/mol. The molecule has 4 nitrogen and oxygen atoms in total. The van der Waals surface area contributed by atoms with Gasteiger partial charge in [0.05, 0.1) is 0 Å².